The number of carbonyl (C=O) groups excluding carboxylic acids is 3. The Balaban J connectivity index is 0.819. The van der Waals surface area contributed by atoms with E-state index in [0.717, 1.165) is 56.2 Å². The number of aromatic nitrogens is 4. The second kappa shape index (κ2) is 16.5. The maximum atomic E-state index is 15.3. The van der Waals surface area contributed by atoms with Gasteiger partial charge in [-0.3, -0.25) is 34.2 Å². The summed E-state index contributed by atoms with van der Waals surface area (Å²) >= 11 is 0. The normalized spacial score (nSPS) is 23.1. The SMILES string of the molecule is COC[C@@H]1CN(C2CCC(n3cc4cc(NC(=O)c5ccc6cc(C#N)cnn56)c(C(C)(C)O)cc4n3)CC2)CCN1C1CN(c2cc(F)c([C@H]3CCC(=O)NC3=O)c(F)c2)C1. The lowest BCUT2D eigenvalue weighted by atomic mass is 9.89. The minimum Gasteiger partial charge on any atom is -0.386 e. The van der Waals surface area contributed by atoms with Gasteiger partial charge in [0.05, 0.1) is 47.0 Å². The first kappa shape index (κ1) is 41.5. The summed E-state index contributed by atoms with van der Waals surface area (Å²) in [7, 11) is 1.72. The van der Waals surface area contributed by atoms with Crippen LogP contribution in [0.2, 0.25) is 0 Å². The van der Waals surface area contributed by atoms with Gasteiger partial charge in [0.15, 0.2) is 0 Å². The Hall–Kier alpha value is -5.80. The van der Waals surface area contributed by atoms with E-state index in [1.807, 2.05) is 27.9 Å². The zero-order valence-corrected chi connectivity index (χ0v) is 35.0. The Bertz CT molecular complexity index is 2580. The number of nitriles is 1. The molecule has 4 aliphatic rings. The summed E-state index contributed by atoms with van der Waals surface area (Å²) in [5.74, 6) is -4.06. The molecule has 4 fully saturated rings. The summed E-state index contributed by atoms with van der Waals surface area (Å²) in [5.41, 5.74) is 1.95. The third kappa shape index (κ3) is 7.92. The predicted octanol–water partition coefficient (Wildman–Crippen LogP) is 4.84. The van der Waals surface area contributed by atoms with Crippen LogP contribution in [0.1, 0.15) is 91.5 Å². The maximum Gasteiger partial charge on any atom is 0.274 e. The molecule has 324 valence electrons. The lowest BCUT2D eigenvalue weighted by Crippen LogP contribution is -2.68. The lowest BCUT2D eigenvalue weighted by Gasteiger charge is -2.53. The number of amides is 3. The van der Waals surface area contributed by atoms with Crippen LogP contribution in [0.5, 0.6) is 0 Å². The highest BCUT2D eigenvalue weighted by Crippen LogP contribution is 2.38. The maximum absolute atomic E-state index is 15.3. The minimum atomic E-state index is -1.27. The zero-order chi connectivity index (χ0) is 43.4. The second-order valence-corrected chi connectivity index (χ2v) is 17.7. The van der Waals surface area contributed by atoms with Crippen molar-refractivity contribution in [3.8, 4) is 6.07 Å². The Labute approximate surface area is 357 Å². The molecule has 3 amide bonds. The van der Waals surface area contributed by atoms with Crippen molar-refractivity contribution in [2.45, 2.75) is 88.1 Å². The fourth-order valence-electron chi connectivity index (χ4n) is 9.97. The first-order valence-corrected chi connectivity index (χ1v) is 21.3. The quantitative estimate of drug-likeness (QED) is 0.164. The van der Waals surface area contributed by atoms with Crippen molar-refractivity contribution in [3.05, 3.63) is 88.9 Å². The number of rotatable bonds is 10. The number of ether oxygens (including phenoxy) is 1. The number of hydrogen-bond acceptors (Lipinski definition) is 11. The summed E-state index contributed by atoms with van der Waals surface area (Å²) in [5, 5.41) is 35.7. The van der Waals surface area contributed by atoms with Crippen molar-refractivity contribution in [1.82, 2.24) is 34.5 Å². The molecule has 0 radical (unpaired) electrons. The Morgan fingerprint density at radius 1 is 1.00 bits per heavy atom. The van der Waals surface area contributed by atoms with E-state index in [2.05, 4.69) is 31.6 Å². The number of nitrogens with one attached hydrogen (secondary N) is 2. The van der Waals surface area contributed by atoms with Crippen LogP contribution >= 0.6 is 0 Å². The molecule has 5 aromatic rings. The van der Waals surface area contributed by atoms with Crippen molar-refractivity contribution in [2.75, 3.05) is 56.7 Å². The number of benzene rings is 2. The molecule has 3 aliphatic heterocycles. The predicted molar refractivity (Wildman–Crippen MR) is 226 cm³/mol. The average Bonchev–Trinajstić information content (AvgIpc) is 3.85. The van der Waals surface area contributed by atoms with Crippen molar-refractivity contribution in [1.29, 1.82) is 5.26 Å². The van der Waals surface area contributed by atoms with E-state index < -0.39 is 40.9 Å². The van der Waals surface area contributed by atoms with Gasteiger partial charge in [-0.05, 0) is 88.4 Å². The van der Waals surface area contributed by atoms with E-state index in [1.54, 1.807) is 39.2 Å². The van der Waals surface area contributed by atoms with Gasteiger partial charge in [0.25, 0.3) is 5.91 Å². The number of imide groups is 1. The molecule has 1 saturated carbocycles. The highest BCUT2D eigenvalue weighted by molar-refractivity contribution is 6.05. The van der Waals surface area contributed by atoms with Gasteiger partial charge in [0, 0.05) is 98.5 Å². The molecular weight excluding hydrogens is 799 g/mol. The topological polar surface area (TPSA) is 173 Å². The van der Waals surface area contributed by atoms with E-state index in [4.69, 9.17) is 9.84 Å². The molecule has 3 saturated heterocycles. The van der Waals surface area contributed by atoms with Crippen molar-refractivity contribution in [3.63, 3.8) is 0 Å². The van der Waals surface area contributed by atoms with E-state index in [1.165, 1.54) is 22.8 Å². The summed E-state index contributed by atoms with van der Waals surface area (Å²) in [6.07, 6.45) is 7.48. The van der Waals surface area contributed by atoms with Crippen molar-refractivity contribution >= 4 is 45.5 Å². The van der Waals surface area contributed by atoms with E-state index in [-0.39, 0.29) is 36.5 Å². The summed E-state index contributed by atoms with van der Waals surface area (Å²) in [6.45, 7) is 7.80. The van der Waals surface area contributed by atoms with Crippen LogP contribution in [0.4, 0.5) is 20.2 Å². The number of methoxy groups -OCH3 is 1. The van der Waals surface area contributed by atoms with Gasteiger partial charge in [-0.2, -0.15) is 15.5 Å². The molecule has 6 heterocycles. The average molecular weight is 849 g/mol. The third-order valence-corrected chi connectivity index (χ3v) is 13.3. The molecule has 17 heteroatoms. The molecule has 3 aromatic heterocycles. The molecular formula is C45H50F2N10O5. The number of nitrogens with zero attached hydrogens (tertiary/aromatic N) is 8. The standard InChI is InChI=1S/C45H50F2N10O5/c1-45(2,61)35-18-38-27(15-39(35)50-44(60)40-10-8-30-14-26(19-48)20-49-57(30)40)21-56(52-38)29-6-4-28(5-7-29)53-12-13-55(33(24-53)25-62-3)32-22-54(23-32)31-16-36(46)42(37(47)17-31)34-9-11-41(58)51-43(34)59/h8,10,14-18,20-21,28-29,32-34,61H,4-7,9,11-13,22-25H2,1-3H3,(H,50,60)(H,51,58,59)/t28?,29?,33-,34+/m0/s1. The van der Waals surface area contributed by atoms with E-state index in [0.29, 0.717) is 59.5 Å². The first-order chi connectivity index (χ1) is 29.8. The molecule has 1 aliphatic carbocycles. The van der Waals surface area contributed by atoms with Gasteiger partial charge in [0.1, 0.15) is 23.4 Å². The molecule has 2 aromatic carbocycles. The van der Waals surface area contributed by atoms with Crippen LogP contribution in [-0.4, -0.2) is 117 Å². The third-order valence-electron chi connectivity index (χ3n) is 13.3. The van der Waals surface area contributed by atoms with Crippen molar-refractivity contribution in [2.24, 2.45) is 0 Å². The van der Waals surface area contributed by atoms with E-state index in [9.17, 15) is 24.8 Å². The summed E-state index contributed by atoms with van der Waals surface area (Å²) in [4.78, 5) is 44.5. The number of carbonyl (C=O) groups is 3. The Morgan fingerprint density at radius 2 is 1.74 bits per heavy atom. The number of anilines is 2. The molecule has 2 atom stereocenters. The van der Waals surface area contributed by atoms with Crippen LogP contribution in [0.25, 0.3) is 16.4 Å². The molecule has 0 spiro atoms. The fraction of sp³-hybridized carbons (Fsp3) is 0.467. The fourth-order valence-corrected chi connectivity index (χ4v) is 9.97. The number of hydrogen-bond donors (Lipinski definition) is 3. The molecule has 3 N–H and O–H groups in total. The van der Waals surface area contributed by atoms with Crippen molar-refractivity contribution < 1.29 is 33.0 Å². The van der Waals surface area contributed by atoms with Gasteiger partial charge in [-0.1, -0.05) is 0 Å². The van der Waals surface area contributed by atoms with Crippen LogP contribution in [-0.2, 0) is 19.9 Å². The van der Waals surface area contributed by atoms with Gasteiger partial charge in [-0.25, -0.2) is 13.3 Å². The highest BCUT2D eigenvalue weighted by Gasteiger charge is 2.41. The smallest absolute Gasteiger partial charge is 0.274 e. The zero-order valence-electron chi connectivity index (χ0n) is 35.0. The number of fused-ring (bicyclic) bond motifs is 2. The summed E-state index contributed by atoms with van der Waals surface area (Å²) < 4.78 is 39.8. The Kier molecular flexibility index (Phi) is 11.0. The Morgan fingerprint density at radius 3 is 2.44 bits per heavy atom. The van der Waals surface area contributed by atoms with Gasteiger partial charge in [0.2, 0.25) is 11.8 Å². The highest BCUT2D eigenvalue weighted by atomic mass is 19.1. The first-order valence-electron chi connectivity index (χ1n) is 21.3. The van der Waals surface area contributed by atoms with Crippen LogP contribution < -0.4 is 15.5 Å². The van der Waals surface area contributed by atoms with Gasteiger partial charge >= 0.3 is 0 Å². The number of piperidine rings is 1. The molecule has 0 unspecified atom stereocenters. The lowest BCUT2D eigenvalue weighted by molar-refractivity contribution is -0.134. The monoisotopic (exact) mass is 848 g/mol. The molecule has 62 heavy (non-hydrogen) atoms. The number of piperazine rings is 1. The van der Waals surface area contributed by atoms with Crippen LogP contribution in [0.15, 0.2) is 54.9 Å². The number of aliphatic hydroxyl groups is 1. The largest absolute Gasteiger partial charge is 0.386 e. The van der Waals surface area contributed by atoms with Crippen LogP contribution in [0.3, 0.4) is 0 Å². The van der Waals surface area contributed by atoms with Gasteiger partial charge < -0.3 is 20.1 Å². The minimum absolute atomic E-state index is 0.0458. The van der Waals surface area contributed by atoms with E-state index >= 15 is 8.78 Å². The van der Waals surface area contributed by atoms with Crippen LogP contribution in [0, 0.1) is 23.0 Å². The summed E-state index contributed by atoms with van der Waals surface area (Å²) in [6, 6.07) is 14.4. The molecule has 15 nitrogen and oxygen atoms in total. The molecule has 9 rings (SSSR count). The number of halogens is 2. The second-order valence-electron chi connectivity index (χ2n) is 17.7. The van der Waals surface area contributed by atoms with Gasteiger partial charge in [-0.15, -0.1) is 0 Å². The molecule has 0 bridgehead atoms.